The lowest BCUT2D eigenvalue weighted by Gasteiger charge is -2.07. The molecule has 5 heteroatoms. The van der Waals surface area contributed by atoms with Gasteiger partial charge < -0.3 is 5.32 Å². The fraction of sp³-hybridized carbons (Fsp3) is 0.222. The number of nitrogens with one attached hydrogen (secondary N) is 1. The molecule has 0 saturated heterocycles. The van der Waals surface area contributed by atoms with Gasteiger partial charge in [0.2, 0.25) is 5.91 Å². The summed E-state index contributed by atoms with van der Waals surface area (Å²) >= 11 is 0. The summed E-state index contributed by atoms with van der Waals surface area (Å²) < 4.78 is 15.3. The van der Waals surface area contributed by atoms with E-state index in [1.807, 2.05) is 28.9 Å². The molecule has 0 aliphatic carbocycles. The highest BCUT2D eigenvalue weighted by atomic mass is 19.1. The van der Waals surface area contributed by atoms with Crippen LogP contribution in [0.1, 0.15) is 12.0 Å². The van der Waals surface area contributed by atoms with E-state index in [0.717, 1.165) is 10.9 Å². The Balaban J connectivity index is 1.47. The van der Waals surface area contributed by atoms with Gasteiger partial charge in [-0.05, 0) is 24.1 Å². The van der Waals surface area contributed by atoms with Crippen LogP contribution in [0.25, 0.3) is 10.9 Å². The second-order valence-corrected chi connectivity index (χ2v) is 5.37. The lowest BCUT2D eigenvalue weighted by molar-refractivity contribution is -0.121. The smallest absolute Gasteiger partial charge is 0.221 e. The normalized spacial score (nSPS) is 10.8. The van der Waals surface area contributed by atoms with Gasteiger partial charge in [-0.15, -0.1) is 0 Å². The lowest BCUT2D eigenvalue weighted by atomic mass is 10.1. The van der Waals surface area contributed by atoms with Crippen molar-refractivity contribution in [3.8, 4) is 0 Å². The number of halogens is 1. The second-order valence-electron chi connectivity index (χ2n) is 5.37. The summed E-state index contributed by atoms with van der Waals surface area (Å²) in [6.07, 6.45) is 2.64. The molecule has 23 heavy (non-hydrogen) atoms. The van der Waals surface area contributed by atoms with Crippen molar-refractivity contribution in [1.29, 1.82) is 0 Å². The molecule has 0 spiro atoms. The maximum atomic E-state index is 13.5. The van der Waals surface area contributed by atoms with E-state index in [4.69, 9.17) is 0 Å². The molecule has 3 aromatic rings. The van der Waals surface area contributed by atoms with Crippen LogP contribution in [0.3, 0.4) is 0 Å². The van der Waals surface area contributed by atoms with E-state index in [2.05, 4.69) is 10.4 Å². The zero-order chi connectivity index (χ0) is 16.1. The average Bonchev–Trinajstić information content (AvgIpc) is 2.98. The van der Waals surface area contributed by atoms with Crippen LogP contribution in [-0.2, 0) is 17.8 Å². The number of amides is 1. The Bertz CT molecular complexity index is 813. The quantitative estimate of drug-likeness (QED) is 0.761. The molecule has 0 aliphatic rings. The van der Waals surface area contributed by atoms with Gasteiger partial charge in [-0.3, -0.25) is 9.48 Å². The Hall–Kier alpha value is -2.69. The van der Waals surface area contributed by atoms with Crippen LogP contribution in [0.2, 0.25) is 0 Å². The molecule has 1 amide bonds. The van der Waals surface area contributed by atoms with Gasteiger partial charge in [0.1, 0.15) is 5.82 Å². The largest absolute Gasteiger partial charge is 0.356 e. The standard InChI is InChI=1S/C18H18FN3O/c19-16-7-3-1-5-14(16)9-11-20-18(23)10-12-22-17-8-4-2-6-15(17)13-21-22/h1-8,13H,9-12H2,(H,20,23). The number of para-hydroxylation sites is 1. The zero-order valence-electron chi connectivity index (χ0n) is 12.7. The molecular formula is C18H18FN3O. The van der Waals surface area contributed by atoms with Crippen molar-refractivity contribution in [3.63, 3.8) is 0 Å². The second kappa shape index (κ2) is 7.05. The minimum absolute atomic E-state index is 0.0547. The van der Waals surface area contributed by atoms with Crippen molar-refractivity contribution in [3.05, 3.63) is 66.1 Å². The monoisotopic (exact) mass is 311 g/mol. The van der Waals surface area contributed by atoms with Crippen molar-refractivity contribution >= 4 is 16.8 Å². The summed E-state index contributed by atoms with van der Waals surface area (Å²) in [6.45, 7) is 0.957. The predicted octanol–water partition coefficient (Wildman–Crippen LogP) is 2.92. The maximum absolute atomic E-state index is 13.5. The molecule has 0 unspecified atom stereocenters. The Kier molecular flexibility index (Phi) is 4.66. The first-order valence-electron chi connectivity index (χ1n) is 7.65. The predicted molar refractivity (Wildman–Crippen MR) is 87.5 cm³/mol. The van der Waals surface area contributed by atoms with E-state index in [-0.39, 0.29) is 11.7 Å². The highest BCUT2D eigenvalue weighted by Gasteiger charge is 2.06. The van der Waals surface area contributed by atoms with Crippen molar-refractivity contribution in [2.45, 2.75) is 19.4 Å². The van der Waals surface area contributed by atoms with Gasteiger partial charge in [0.05, 0.1) is 18.3 Å². The van der Waals surface area contributed by atoms with Crippen LogP contribution >= 0.6 is 0 Å². The summed E-state index contributed by atoms with van der Waals surface area (Å²) in [4.78, 5) is 11.9. The molecule has 3 rings (SSSR count). The third-order valence-corrected chi connectivity index (χ3v) is 3.78. The number of carbonyl (C=O) groups is 1. The first-order chi connectivity index (χ1) is 11.2. The van der Waals surface area contributed by atoms with Gasteiger partial charge in [-0.2, -0.15) is 5.10 Å². The fourth-order valence-corrected chi connectivity index (χ4v) is 2.54. The molecule has 1 N–H and O–H groups in total. The number of fused-ring (bicyclic) bond motifs is 1. The number of carbonyl (C=O) groups excluding carboxylic acids is 1. The molecule has 4 nitrogen and oxygen atoms in total. The number of aryl methyl sites for hydroxylation is 1. The van der Waals surface area contributed by atoms with E-state index in [1.165, 1.54) is 6.07 Å². The summed E-state index contributed by atoms with van der Waals surface area (Å²) in [6, 6.07) is 14.5. The molecule has 0 radical (unpaired) electrons. The van der Waals surface area contributed by atoms with Gasteiger partial charge >= 0.3 is 0 Å². The van der Waals surface area contributed by atoms with Crippen LogP contribution in [0.5, 0.6) is 0 Å². The molecule has 1 aromatic heterocycles. The molecule has 0 fully saturated rings. The minimum atomic E-state index is -0.232. The topological polar surface area (TPSA) is 46.9 Å². The van der Waals surface area contributed by atoms with Crippen LogP contribution in [0, 0.1) is 5.82 Å². The number of aromatic nitrogens is 2. The fourth-order valence-electron chi connectivity index (χ4n) is 2.54. The summed E-state index contributed by atoms with van der Waals surface area (Å²) in [5.41, 5.74) is 1.64. The van der Waals surface area contributed by atoms with Gasteiger partial charge in [-0.1, -0.05) is 36.4 Å². The van der Waals surface area contributed by atoms with Crippen molar-refractivity contribution in [1.82, 2.24) is 15.1 Å². The minimum Gasteiger partial charge on any atom is -0.356 e. The maximum Gasteiger partial charge on any atom is 0.221 e. The number of rotatable bonds is 6. The van der Waals surface area contributed by atoms with Gasteiger partial charge in [0.15, 0.2) is 0 Å². The van der Waals surface area contributed by atoms with Gasteiger partial charge in [0, 0.05) is 18.4 Å². The molecule has 1 heterocycles. The SMILES string of the molecule is O=C(CCn1ncc2ccccc21)NCCc1ccccc1F. The molecule has 0 atom stereocenters. The molecule has 0 saturated carbocycles. The van der Waals surface area contributed by atoms with Crippen molar-refractivity contribution in [2.24, 2.45) is 0 Å². The van der Waals surface area contributed by atoms with E-state index < -0.39 is 0 Å². The van der Waals surface area contributed by atoms with E-state index >= 15 is 0 Å². The summed E-state index contributed by atoms with van der Waals surface area (Å²) in [5, 5.41) is 8.18. The molecule has 0 bridgehead atoms. The summed E-state index contributed by atoms with van der Waals surface area (Å²) in [7, 11) is 0. The average molecular weight is 311 g/mol. The van der Waals surface area contributed by atoms with Gasteiger partial charge in [0.25, 0.3) is 0 Å². The zero-order valence-corrected chi connectivity index (χ0v) is 12.7. The van der Waals surface area contributed by atoms with Crippen LogP contribution in [0.4, 0.5) is 4.39 Å². The number of hydrogen-bond donors (Lipinski definition) is 1. The highest BCUT2D eigenvalue weighted by molar-refractivity contribution is 5.79. The van der Waals surface area contributed by atoms with E-state index in [9.17, 15) is 9.18 Å². The van der Waals surface area contributed by atoms with Crippen molar-refractivity contribution in [2.75, 3.05) is 6.54 Å². The summed E-state index contributed by atoms with van der Waals surface area (Å²) in [5.74, 6) is -0.286. The van der Waals surface area contributed by atoms with E-state index in [1.54, 1.807) is 24.4 Å². The first kappa shape index (κ1) is 15.2. The number of benzene rings is 2. The molecule has 0 aliphatic heterocycles. The third kappa shape index (κ3) is 3.74. The number of hydrogen-bond acceptors (Lipinski definition) is 2. The Morgan fingerprint density at radius 2 is 1.91 bits per heavy atom. The van der Waals surface area contributed by atoms with E-state index in [0.29, 0.717) is 31.5 Å². The Labute approximate surface area is 133 Å². The highest BCUT2D eigenvalue weighted by Crippen LogP contribution is 2.12. The van der Waals surface area contributed by atoms with Crippen LogP contribution < -0.4 is 5.32 Å². The Morgan fingerprint density at radius 3 is 2.78 bits per heavy atom. The van der Waals surface area contributed by atoms with Crippen LogP contribution in [0.15, 0.2) is 54.7 Å². The molecule has 118 valence electrons. The molecular weight excluding hydrogens is 293 g/mol. The van der Waals surface area contributed by atoms with Crippen molar-refractivity contribution < 1.29 is 9.18 Å². The lowest BCUT2D eigenvalue weighted by Crippen LogP contribution is -2.26. The first-order valence-corrected chi connectivity index (χ1v) is 7.65. The van der Waals surface area contributed by atoms with Crippen LogP contribution in [-0.4, -0.2) is 22.2 Å². The third-order valence-electron chi connectivity index (χ3n) is 3.78. The Morgan fingerprint density at radius 1 is 1.13 bits per heavy atom. The molecule has 2 aromatic carbocycles. The number of nitrogens with zero attached hydrogens (tertiary/aromatic N) is 2. The van der Waals surface area contributed by atoms with Gasteiger partial charge in [-0.25, -0.2) is 4.39 Å².